The third-order valence-electron chi connectivity index (χ3n) is 6.49. The highest BCUT2D eigenvalue weighted by molar-refractivity contribution is 7.89. The number of anilines is 1. The number of nitrogens with zero attached hydrogens (tertiary/aromatic N) is 4. The molecule has 0 aliphatic carbocycles. The predicted molar refractivity (Wildman–Crippen MR) is 151 cm³/mol. The number of fused-ring (bicyclic) bond motifs is 1. The number of para-hydroxylation sites is 1. The molecule has 1 aliphatic heterocycles. The molecule has 0 spiro atoms. The van der Waals surface area contributed by atoms with Crippen LogP contribution in [0.3, 0.4) is 0 Å². The molecule has 2 aromatic heterocycles. The second-order valence-corrected chi connectivity index (χ2v) is 12.2. The number of hydrogen-bond donors (Lipinski definition) is 0. The van der Waals surface area contributed by atoms with Crippen LogP contribution in [0.1, 0.15) is 35.8 Å². The minimum absolute atomic E-state index is 0.0946. The summed E-state index contributed by atoms with van der Waals surface area (Å²) in [6, 6.07) is 17.2. The maximum atomic E-state index is 13.8. The number of amides is 1. The van der Waals surface area contributed by atoms with Crippen LogP contribution >= 0.6 is 11.3 Å². The van der Waals surface area contributed by atoms with Crippen molar-refractivity contribution < 1.29 is 22.7 Å². The quantitative estimate of drug-likeness (QED) is 0.273. The number of rotatable bonds is 10. The molecule has 2 aromatic carbocycles. The van der Waals surface area contributed by atoms with Crippen molar-refractivity contribution in [2.75, 3.05) is 31.7 Å². The Hall–Kier alpha value is -3.38. The summed E-state index contributed by atoms with van der Waals surface area (Å²) in [4.78, 5) is 24.7. The van der Waals surface area contributed by atoms with Crippen molar-refractivity contribution in [3.05, 3.63) is 78.1 Å². The highest BCUT2D eigenvalue weighted by Crippen LogP contribution is 2.35. The first-order valence-corrected chi connectivity index (χ1v) is 15.0. The molecule has 11 heteroatoms. The van der Waals surface area contributed by atoms with Crippen LogP contribution in [-0.2, 0) is 21.3 Å². The minimum Gasteiger partial charge on any atom is -0.492 e. The van der Waals surface area contributed by atoms with Crippen LogP contribution in [0.5, 0.6) is 5.75 Å². The van der Waals surface area contributed by atoms with Gasteiger partial charge in [0.1, 0.15) is 11.3 Å². The fourth-order valence-electron chi connectivity index (χ4n) is 4.46. The van der Waals surface area contributed by atoms with Crippen molar-refractivity contribution in [3.63, 3.8) is 0 Å². The van der Waals surface area contributed by atoms with Gasteiger partial charge >= 0.3 is 0 Å². The highest BCUT2D eigenvalue weighted by atomic mass is 32.2. The van der Waals surface area contributed by atoms with E-state index in [9.17, 15) is 13.2 Å². The summed E-state index contributed by atoms with van der Waals surface area (Å²) in [6.45, 7) is 3.57. The van der Waals surface area contributed by atoms with Crippen molar-refractivity contribution in [3.8, 4) is 5.75 Å². The van der Waals surface area contributed by atoms with E-state index in [0.29, 0.717) is 47.4 Å². The number of thiazole rings is 1. The standard InChI is InChI=1S/C28H30N4O5S2/c1-3-36-24-10-6-11-25-26(24)30-28(38-25)32(18-21-8-4-5-16-29-21)27(33)20-12-14-23(15-13-20)39(34,35)31(2)19-22-9-7-17-37-22/h4-6,8,10-16,22H,3,7,9,17-19H2,1-2H3. The molecule has 0 N–H and O–H groups in total. The molecule has 1 amide bonds. The molecule has 0 bridgehead atoms. The predicted octanol–water partition coefficient (Wildman–Crippen LogP) is 4.74. The second-order valence-electron chi connectivity index (χ2n) is 9.19. The lowest BCUT2D eigenvalue weighted by Crippen LogP contribution is -2.34. The molecule has 39 heavy (non-hydrogen) atoms. The van der Waals surface area contributed by atoms with E-state index in [1.54, 1.807) is 30.3 Å². The Kier molecular flexibility index (Phi) is 8.22. The van der Waals surface area contributed by atoms with E-state index >= 15 is 0 Å². The van der Waals surface area contributed by atoms with Gasteiger partial charge in [-0.25, -0.2) is 13.4 Å². The van der Waals surface area contributed by atoms with Gasteiger partial charge in [-0.05, 0) is 68.3 Å². The van der Waals surface area contributed by atoms with Crippen molar-refractivity contribution in [1.29, 1.82) is 0 Å². The Labute approximate surface area is 232 Å². The zero-order valence-electron chi connectivity index (χ0n) is 21.8. The first-order chi connectivity index (χ1) is 18.9. The lowest BCUT2D eigenvalue weighted by molar-refractivity contribution is 0.0978. The van der Waals surface area contributed by atoms with E-state index in [-0.39, 0.29) is 23.5 Å². The van der Waals surface area contributed by atoms with E-state index in [2.05, 4.69) is 4.98 Å². The molecular weight excluding hydrogens is 536 g/mol. The van der Waals surface area contributed by atoms with Crippen LogP contribution in [0.4, 0.5) is 5.13 Å². The molecule has 1 unspecified atom stereocenters. The average molecular weight is 567 g/mol. The monoisotopic (exact) mass is 566 g/mol. The van der Waals surface area contributed by atoms with Gasteiger partial charge in [0.2, 0.25) is 10.0 Å². The summed E-state index contributed by atoms with van der Waals surface area (Å²) >= 11 is 1.39. The van der Waals surface area contributed by atoms with Crippen LogP contribution in [-0.4, -0.2) is 61.5 Å². The molecular formula is C28H30N4O5S2. The number of ether oxygens (including phenoxy) is 2. The van der Waals surface area contributed by atoms with Crippen LogP contribution in [0.25, 0.3) is 10.2 Å². The maximum absolute atomic E-state index is 13.8. The molecule has 1 fully saturated rings. The molecule has 5 rings (SSSR count). The Morgan fingerprint density at radius 2 is 1.95 bits per heavy atom. The van der Waals surface area contributed by atoms with Crippen molar-refractivity contribution in [2.24, 2.45) is 0 Å². The van der Waals surface area contributed by atoms with Crippen LogP contribution in [0.15, 0.2) is 71.8 Å². The van der Waals surface area contributed by atoms with Crippen molar-refractivity contribution in [2.45, 2.75) is 37.3 Å². The van der Waals surface area contributed by atoms with Gasteiger partial charge in [-0.1, -0.05) is 23.5 Å². The molecule has 3 heterocycles. The number of carbonyl (C=O) groups is 1. The topological polar surface area (TPSA) is 102 Å². The number of carbonyl (C=O) groups excluding carboxylic acids is 1. The molecule has 1 saturated heterocycles. The summed E-state index contributed by atoms with van der Waals surface area (Å²) in [7, 11) is -2.17. The lowest BCUT2D eigenvalue weighted by atomic mass is 10.2. The summed E-state index contributed by atoms with van der Waals surface area (Å²) in [5.74, 6) is 0.346. The summed E-state index contributed by atoms with van der Waals surface area (Å²) in [5.41, 5.74) is 1.73. The number of hydrogen-bond acceptors (Lipinski definition) is 8. The van der Waals surface area contributed by atoms with Gasteiger partial charge in [0.05, 0.1) is 34.5 Å². The van der Waals surface area contributed by atoms with E-state index < -0.39 is 10.0 Å². The third kappa shape index (κ3) is 5.96. The van der Waals surface area contributed by atoms with Crippen molar-refractivity contribution >= 4 is 42.6 Å². The van der Waals surface area contributed by atoms with Crippen molar-refractivity contribution in [1.82, 2.24) is 14.3 Å². The average Bonchev–Trinajstić information content (AvgIpc) is 3.63. The fourth-order valence-corrected chi connectivity index (χ4v) is 6.64. The van der Waals surface area contributed by atoms with Crippen LogP contribution in [0, 0.1) is 0 Å². The molecule has 4 aromatic rings. The molecule has 0 saturated carbocycles. The van der Waals surface area contributed by atoms with Gasteiger partial charge in [0.15, 0.2) is 5.13 Å². The molecule has 1 aliphatic rings. The first-order valence-electron chi connectivity index (χ1n) is 12.8. The van der Waals surface area contributed by atoms with Gasteiger partial charge in [0, 0.05) is 32.0 Å². The molecule has 204 valence electrons. The van der Waals surface area contributed by atoms with Crippen LogP contribution < -0.4 is 9.64 Å². The number of benzene rings is 2. The normalized spacial score (nSPS) is 15.6. The fraction of sp³-hybridized carbons (Fsp3) is 0.321. The Balaban J connectivity index is 1.44. The zero-order valence-corrected chi connectivity index (χ0v) is 23.5. The molecule has 0 radical (unpaired) electrons. The lowest BCUT2D eigenvalue weighted by Gasteiger charge is -2.21. The SMILES string of the molecule is CCOc1cccc2sc(N(Cc3ccccn3)C(=O)c3ccc(S(=O)(=O)N(C)CC4CCCO4)cc3)nc12. The van der Waals surface area contributed by atoms with Gasteiger partial charge in [0.25, 0.3) is 5.91 Å². The Morgan fingerprint density at radius 1 is 1.13 bits per heavy atom. The Morgan fingerprint density at radius 3 is 2.64 bits per heavy atom. The number of pyridine rings is 1. The molecule has 9 nitrogen and oxygen atoms in total. The summed E-state index contributed by atoms with van der Waals surface area (Å²) < 4.78 is 39.8. The van der Waals surface area contributed by atoms with Crippen LogP contribution in [0.2, 0.25) is 0 Å². The van der Waals surface area contributed by atoms with Gasteiger partial charge in [-0.15, -0.1) is 0 Å². The number of aromatic nitrogens is 2. The minimum atomic E-state index is -3.72. The third-order valence-corrected chi connectivity index (χ3v) is 9.37. The summed E-state index contributed by atoms with van der Waals surface area (Å²) in [6.07, 6.45) is 3.36. The molecule has 1 atom stereocenters. The highest BCUT2D eigenvalue weighted by Gasteiger charge is 2.27. The number of likely N-dealkylation sites (N-methyl/N-ethyl adjacent to an activating group) is 1. The van der Waals surface area contributed by atoms with E-state index in [4.69, 9.17) is 14.5 Å². The Bertz CT molecular complexity index is 1540. The van der Waals surface area contributed by atoms with E-state index in [0.717, 1.165) is 17.5 Å². The van der Waals surface area contributed by atoms with E-state index in [1.807, 2.05) is 43.3 Å². The summed E-state index contributed by atoms with van der Waals surface area (Å²) in [5, 5.41) is 0.501. The second kappa shape index (κ2) is 11.8. The smallest absolute Gasteiger partial charge is 0.260 e. The zero-order chi connectivity index (χ0) is 27.4. The van der Waals surface area contributed by atoms with Gasteiger partial charge in [-0.2, -0.15) is 4.31 Å². The van der Waals surface area contributed by atoms with Gasteiger partial charge < -0.3 is 9.47 Å². The number of sulfonamides is 1. The largest absolute Gasteiger partial charge is 0.492 e. The van der Waals surface area contributed by atoms with E-state index in [1.165, 1.54) is 27.8 Å². The maximum Gasteiger partial charge on any atom is 0.260 e. The van der Waals surface area contributed by atoms with Gasteiger partial charge in [-0.3, -0.25) is 14.7 Å². The first kappa shape index (κ1) is 27.2.